The van der Waals surface area contributed by atoms with Crippen LogP contribution >= 0.6 is 0 Å². The number of fused-ring (bicyclic) bond motifs is 10. The van der Waals surface area contributed by atoms with Crippen LogP contribution < -0.4 is 26.2 Å². The Labute approximate surface area is 524 Å². The Morgan fingerprint density at radius 1 is 0.360 bits per heavy atom. The van der Waals surface area contributed by atoms with Crippen LogP contribution in [0.15, 0.2) is 242 Å². The Morgan fingerprint density at radius 3 is 1.21 bits per heavy atom. The van der Waals surface area contributed by atoms with Gasteiger partial charge in [0, 0.05) is 72.3 Å². The summed E-state index contributed by atoms with van der Waals surface area (Å²) in [5, 5.41) is 1.59. The van der Waals surface area contributed by atoms with Crippen molar-refractivity contribution in [2.75, 3.05) is 9.80 Å². The predicted molar refractivity (Wildman–Crippen MR) is 369 cm³/mol. The molecular formula is C81H73BN4. The smallest absolute Gasteiger partial charge is 0.252 e. The van der Waals surface area contributed by atoms with Crippen LogP contribution in [0, 0.1) is 16.2 Å². The molecule has 0 fully saturated rings. The summed E-state index contributed by atoms with van der Waals surface area (Å²) in [6, 6.07) is 63.3. The van der Waals surface area contributed by atoms with Gasteiger partial charge in [-0.2, -0.15) is 0 Å². The number of rotatable bonds is 9. The molecule has 0 saturated carbocycles. The lowest BCUT2D eigenvalue weighted by Gasteiger charge is -2.45. The minimum absolute atomic E-state index is 0.203. The monoisotopic (exact) mass is 1120 g/mol. The molecule has 4 nitrogen and oxygen atoms in total. The van der Waals surface area contributed by atoms with E-state index < -0.39 is 30.3 Å². The van der Waals surface area contributed by atoms with Gasteiger partial charge in [-0.1, -0.05) is 220 Å². The summed E-state index contributed by atoms with van der Waals surface area (Å²) < 4.78 is 117. The van der Waals surface area contributed by atoms with E-state index in [9.17, 15) is 13.7 Å². The van der Waals surface area contributed by atoms with E-state index in [0.29, 0.717) is 61.5 Å². The Bertz CT molecular complexity index is 5180. The third kappa shape index (κ3) is 9.22. The van der Waals surface area contributed by atoms with Crippen LogP contribution in [0.1, 0.15) is 95.5 Å². The van der Waals surface area contributed by atoms with Crippen molar-refractivity contribution < 1.29 is 16.4 Å². The first-order valence-corrected chi connectivity index (χ1v) is 29.8. The molecule has 420 valence electrons. The molecule has 86 heavy (non-hydrogen) atoms. The molecule has 15 rings (SSSR count). The van der Waals surface area contributed by atoms with Gasteiger partial charge in [0.25, 0.3) is 6.71 Å². The molecule has 0 spiro atoms. The van der Waals surface area contributed by atoms with Crippen LogP contribution in [0.25, 0.3) is 77.2 Å². The van der Waals surface area contributed by atoms with E-state index in [-0.39, 0.29) is 64.8 Å². The molecule has 2 aliphatic rings. The van der Waals surface area contributed by atoms with E-state index >= 15 is 0 Å². The van der Waals surface area contributed by atoms with E-state index in [1.165, 1.54) is 0 Å². The highest BCUT2D eigenvalue weighted by Crippen LogP contribution is 2.50. The van der Waals surface area contributed by atoms with Crippen molar-refractivity contribution in [2.24, 2.45) is 16.2 Å². The summed E-state index contributed by atoms with van der Waals surface area (Å²) >= 11 is 0. The van der Waals surface area contributed by atoms with Crippen LogP contribution in [-0.2, 0) is 19.2 Å². The molecule has 0 N–H and O–H groups in total. The number of anilines is 6. The van der Waals surface area contributed by atoms with Gasteiger partial charge in [-0.3, -0.25) is 0 Å². The standard InChI is InChI=1S/C81H73BN4/c1-79(2,3)50-53-36-42-72-64(44-53)62-30-18-22-34-70(62)83(72)58-38-40-66-74(48-58)85(68-32-20-16-28-60(68)56-24-12-10-13-25-56)76-46-55(52-81(7,8)9)47-77-78(76)82(66)67-41-39-59(49-75(67)86(77)69-33-21-17-29-61(69)57-26-14-11-15-27-57)84-71-35-23-19-31-63(71)65-45-54(37-43-73(65)84)51-80(4,5)6/h10-49H,50-52H2,1-9H3/i18D,19D,22D,23D,30D,31D,34D,35D,50D2,51D2. The third-order valence-electron chi connectivity index (χ3n) is 16.6. The highest BCUT2D eigenvalue weighted by atomic mass is 15.2. The fraction of sp³-hybridized carbons (Fsp3) is 0.185. The van der Waals surface area contributed by atoms with Gasteiger partial charge in [-0.15, -0.1) is 0 Å². The summed E-state index contributed by atoms with van der Waals surface area (Å²) in [5.41, 5.74) is 15.1. The molecule has 0 radical (unpaired) electrons. The molecule has 0 unspecified atom stereocenters. The number of nitrogens with zero attached hydrogens (tertiary/aromatic N) is 4. The topological polar surface area (TPSA) is 16.3 Å². The van der Waals surface area contributed by atoms with Crippen LogP contribution in [-0.4, -0.2) is 15.8 Å². The maximum Gasteiger partial charge on any atom is 0.252 e. The van der Waals surface area contributed by atoms with Crippen molar-refractivity contribution in [1.29, 1.82) is 0 Å². The second-order valence-corrected chi connectivity index (χ2v) is 26.5. The number of hydrogen-bond donors (Lipinski definition) is 0. The summed E-state index contributed by atoms with van der Waals surface area (Å²) in [5.74, 6) is 0. The molecule has 13 aromatic rings. The van der Waals surface area contributed by atoms with Gasteiger partial charge in [-0.05, 0) is 164 Å². The Kier molecular flexibility index (Phi) is 9.77. The first-order chi connectivity index (χ1) is 46.4. The van der Waals surface area contributed by atoms with Gasteiger partial charge >= 0.3 is 0 Å². The first kappa shape index (κ1) is 41.7. The van der Waals surface area contributed by atoms with Crippen LogP contribution in [0.5, 0.6) is 0 Å². The summed E-state index contributed by atoms with van der Waals surface area (Å²) in [6.07, 6.45) is -2.96. The van der Waals surface area contributed by atoms with Gasteiger partial charge in [0.2, 0.25) is 0 Å². The molecule has 2 aromatic heterocycles. The van der Waals surface area contributed by atoms with Gasteiger partial charge in [0.15, 0.2) is 0 Å². The molecule has 11 aromatic carbocycles. The van der Waals surface area contributed by atoms with E-state index in [1.807, 2.05) is 111 Å². The van der Waals surface area contributed by atoms with E-state index in [2.05, 4.69) is 140 Å². The molecular weight excluding hydrogens is 1040 g/mol. The van der Waals surface area contributed by atoms with Gasteiger partial charge < -0.3 is 18.9 Å². The quantitative estimate of drug-likeness (QED) is 0.134. The maximum absolute atomic E-state index is 9.74. The Balaban J connectivity index is 1.08. The number of para-hydroxylation sites is 4. The highest BCUT2D eigenvalue weighted by Gasteiger charge is 2.45. The molecule has 0 amide bonds. The normalized spacial score (nSPS) is 15.6. The van der Waals surface area contributed by atoms with Crippen molar-refractivity contribution in [3.05, 3.63) is 259 Å². The minimum Gasteiger partial charge on any atom is -0.311 e. The minimum atomic E-state index is -1.82. The average molecular weight is 1130 g/mol. The summed E-state index contributed by atoms with van der Waals surface area (Å²) in [6.45, 7) is 17.4. The fourth-order valence-corrected chi connectivity index (χ4v) is 13.6. The first-order valence-electron chi connectivity index (χ1n) is 35.8. The molecule has 0 atom stereocenters. The Morgan fingerprint density at radius 2 is 0.779 bits per heavy atom. The fourth-order valence-electron chi connectivity index (χ4n) is 13.6. The van der Waals surface area contributed by atoms with Crippen molar-refractivity contribution >= 4 is 101 Å². The van der Waals surface area contributed by atoms with Crippen molar-refractivity contribution in [1.82, 2.24) is 9.13 Å². The Hall–Kier alpha value is -9.32. The zero-order valence-electron chi connectivity index (χ0n) is 62.0. The highest BCUT2D eigenvalue weighted by molar-refractivity contribution is 7.00. The molecule has 4 heterocycles. The van der Waals surface area contributed by atoms with Gasteiger partial charge in [0.05, 0.1) is 44.4 Å². The summed E-state index contributed by atoms with van der Waals surface area (Å²) in [4.78, 5) is 4.76. The maximum atomic E-state index is 9.74. The summed E-state index contributed by atoms with van der Waals surface area (Å²) in [7, 11) is 0. The second-order valence-electron chi connectivity index (χ2n) is 26.5. The third-order valence-corrected chi connectivity index (χ3v) is 16.6. The van der Waals surface area contributed by atoms with Crippen LogP contribution in [0.4, 0.5) is 34.1 Å². The molecule has 2 aliphatic heterocycles. The van der Waals surface area contributed by atoms with Crippen LogP contribution in [0.2, 0.25) is 0 Å². The average Bonchev–Trinajstić information content (AvgIpc) is 0.761. The lowest BCUT2D eigenvalue weighted by molar-refractivity contribution is 0.411. The SMILES string of the molecule is [2H]c1c([2H])c([2H])c2c(c1[2H])c1cc(C([2H])([2H])C(C)(C)C)ccc1n2-c1ccc2c(c1)N(c1ccccc1-c1ccccc1)c1cc(CC(C)(C)C)cc3c1B2c1ccc(-n2c4ccc(C([2H])([2H])C(C)(C)C)cc4c4c([2H])c([2H])c([2H])c([2H])c42)cc1N3c1ccccc1-c1ccccc1. The zero-order chi connectivity index (χ0) is 69.4. The number of aromatic nitrogens is 2. The van der Waals surface area contributed by atoms with E-state index in [0.717, 1.165) is 78.3 Å². The number of hydrogen-bond acceptors (Lipinski definition) is 2. The largest absolute Gasteiger partial charge is 0.311 e. The zero-order valence-corrected chi connectivity index (χ0v) is 50.0. The second kappa shape index (κ2) is 20.2. The lowest BCUT2D eigenvalue weighted by atomic mass is 9.33. The van der Waals surface area contributed by atoms with E-state index in [4.69, 9.17) is 2.74 Å². The number of benzene rings is 11. The van der Waals surface area contributed by atoms with Crippen molar-refractivity contribution in [3.63, 3.8) is 0 Å². The van der Waals surface area contributed by atoms with Gasteiger partial charge in [-0.25, -0.2) is 0 Å². The molecule has 0 bridgehead atoms. The predicted octanol–water partition coefficient (Wildman–Crippen LogP) is 20.1. The molecule has 0 aliphatic carbocycles. The molecule has 0 saturated heterocycles. The van der Waals surface area contributed by atoms with E-state index in [1.54, 1.807) is 24.3 Å². The van der Waals surface area contributed by atoms with Crippen molar-refractivity contribution in [3.8, 4) is 33.6 Å². The van der Waals surface area contributed by atoms with Gasteiger partial charge in [0.1, 0.15) is 0 Å². The van der Waals surface area contributed by atoms with Crippen molar-refractivity contribution in [2.45, 2.75) is 81.5 Å². The van der Waals surface area contributed by atoms with Crippen LogP contribution in [0.3, 0.4) is 0 Å². The lowest BCUT2D eigenvalue weighted by Crippen LogP contribution is -2.61. The molecule has 5 heteroatoms.